The van der Waals surface area contributed by atoms with Crippen molar-refractivity contribution in [2.45, 2.75) is 6.18 Å². The molecule has 10 nitrogen and oxygen atoms in total. The van der Waals surface area contributed by atoms with Crippen molar-refractivity contribution in [3.05, 3.63) is 67.8 Å². The van der Waals surface area contributed by atoms with E-state index >= 15 is 0 Å². The molecule has 33 heavy (non-hydrogen) atoms. The minimum atomic E-state index is -4.71. The van der Waals surface area contributed by atoms with Crippen molar-refractivity contribution in [1.29, 1.82) is 0 Å². The van der Waals surface area contributed by atoms with E-state index in [4.69, 9.17) is 0 Å². The van der Waals surface area contributed by atoms with E-state index in [1.54, 1.807) is 23.9 Å². The summed E-state index contributed by atoms with van der Waals surface area (Å²) in [5.41, 5.74) is -1.35. The summed E-state index contributed by atoms with van der Waals surface area (Å²) in [4.78, 5) is 38.8. The van der Waals surface area contributed by atoms with Gasteiger partial charge in [0.2, 0.25) is 0 Å². The Morgan fingerprint density at radius 1 is 0.970 bits per heavy atom. The van der Waals surface area contributed by atoms with Crippen molar-refractivity contribution in [2.75, 3.05) is 50.1 Å². The lowest BCUT2D eigenvalue weighted by molar-refractivity contribution is -0.384. The second-order valence-electron chi connectivity index (χ2n) is 7.59. The number of nitro groups is 2. The van der Waals surface area contributed by atoms with Crippen LogP contribution >= 0.6 is 0 Å². The van der Waals surface area contributed by atoms with E-state index in [-0.39, 0.29) is 43.1 Å². The van der Waals surface area contributed by atoms with Crippen LogP contribution in [0.1, 0.15) is 15.9 Å². The lowest BCUT2D eigenvalue weighted by atomic mass is 10.1. The number of nitrogens with zero attached hydrogens (tertiary/aromatic N) is 5. The molecular weight excluding hydrogens is 447 g/mol. The summed E-state index contributed by atoms with van der Waals surface area (Å²) in [5.74, 6) is -0.441. The van der Waals surface area contributed by atoms with E-state index in [1.165, 1.54) is 23.1 Å². The smallest absolute Gasteiger partial charge is 0.377 e. The van der Waals surface area contributed by atoms with Gasteiger partial charge in [0.15, 0.2) is 0 Å². The van der Waals surface area contributed by atoms with Gasteiger partial charge in [0.05, 0.1) is 21.0 Å². The van der Waals surface area contributed by atoms with Crippen LogP contribution in [0.15, 0.2) is 36.4 Å². The first-order valence-electron chi connectivity index (χ1n) is 9.75. The fourth-order valence-corrected chi connectivity index (χ4v) is 3.63. The average molecular weight is 467 g/mol. The average Bonchev–Trinajstić information content (AvgIpc) is 2.77. The molecule has 2 aromatic carbocycles. The molecule has 1 saturated heterocycles. The SMILES string of the molecule is CN(C)c1ccc([N+](=O)[O-])cc1C(=O)N1CCN(c2ccc(C(F)(F)F)cc2[N+](=O)[O-])CC1. The highest BCUT2D eigenvalue weighted by molar-refractivity contribution is 6.00. The predicted molar refractivity (Wildman–Crippen MR) is 114 cm³/mol. The number of carbonyl (C=O) groups is 1. The van der Waals surface area contributed by atoms with E-state index in [1.807, 2.05) is 0 Å². The summed E-state index contributed by atoms with van der Waals surface area (Å²) < 4.78 is 38.8. The van der Waals surface area contributed by atoms with Crippen LogP contribution in [0.5, 0.6) is 0 Å². The van der Waals surface area contributed by atoms with Gasteiger partial charge < -0.3 is 14.7 Å². The third kappa shape index (κ3) is 4.96. The van der Waals surface area contributed by atoms with Crippen molar-refractivity contribution >= 4 is 28.7 Å². The van der Waals surface area contributed by atoms with Crippen molar-refractivity contribution in [3.63, 3.8) is 0 Å². The van der Waals surface area contributed by atoms with E-state index in [0.717, 1.165) is 12.1 Å². The summed E-state index contributed by atoms with van der Waals surface area (Å²) in [5, 5.41) is 22.5. The Hall–Kier alpha value is -3.90. The Balaban J connectivity index is 1.82. The third-order valence-corrected chi connectivity index (χ3v) is 5.31. The lowest BCUT2D eigenvalue weighted by Gasteiger charge is -2.36. The molecule has 1 heterocycles. The summed E-state index contributed by atoms with van der Waals surface area (Å²) in [6.45, 7) is 0.549. The number of carbonyl (C=O) groups excluding carboxylic acids is 1. The first-order chi connectivity index (χ1) is 15.4. The summed E-state index contributed by atoms with van der Waals surface area (Å²) in [6.07, 6.45) is -4.71. The lowest BCUT2D eigenvalue weighted by Crippen LogP contribution is -2.49. The van der Waals surface area contributed by atoms with Crippen LogP contribution in [0.4, 0.5) is 35.9 Å². The molecular formula is C20H20F3N5O5. The van der Waals surface area contributed by atoms with Gasteiger partial charge in [-0.25, -0.2) is 0 Å². The second kappa shape index (κ2) is 8.92. The van der Waals surface area contributed by atoms with Crippen molar-refractivity contribution in [2.24, 2.45) is 0 Å². The topological polar surface area (TPSA) is 113 Å². The third-order valence-electron chi connectivity index (χ3n) is 5.31. The van der Waals surface area contributed by atoms with Gasteiger partial charge in [-0.3, -0.25) is 25.0 Å². The molecule has 1 fully saturated rings. The molecule has 1 aliphatic rings. The second-order valence-corrected chi connectivity index (χ2v) is 7.59. The van der Waals surface area contributed by atoms with Crippen LogP contribution in [0.25, 0.3) is 0 Å². The molecule has 0 spiro atoms. The predicted octanol–water partition coefficient (Wildman–Crippen LogP) is 3.55. The van der Waals surface area contributed by atoms with E-state index in [9.17, 15) is 38.2 Å². The molecule has 176 valence electrons. The summed E-state index contributed by atoms with van der Waals surface area (Å²) >= 11 is 0. The zero-order valence-corrected chi connectivity index (χ0v) is 17.7. The van der Waals surface area contributed by atoms with Gasteiger partial charge >= 0.3 is 6.18 Å². The minimum Gasteiger partial charge on any atom is -0.377 e. The largest absolute Gasteiger partial charge is 0.416 e. The highest BCUT2D eigenvalue weighted by Crippen LogP contribution is 2.37. The summed E-state index contributed by atoms with van der Waals surface area (Å²) in [6, 6.07) is 6.32. The zero-order valence-electron chi connectivity index (χ0n) is 17.7. The Morgan fingerprint density at radius 3 is 2.12 bits per heavy atom. The number of rotatable bonds is 5. The number of piperazine rings is 1. The number of nitro benzene ring substituents is 2. The fraction of sp³-hybridized carbons (Fsp3) is 0.350. The van der Waals surface area contributed by atoms with Gasteiger partial charge in [0.25, 0.3) is 17.3 Å². The molecule has 13 heteroatoms. The maximum absolute atomic E-state index is 13.1. The Labute approximate surface area is 186 Å². The van der Waals surface area contributed by atoms with Crippen LogP contribution in [-0.4, -0.2) is 60.9 Å². The molecule has 0 unspecified atom stereocenters. The molecule has 2 aromatic rings. The number of hydrogen-bond acceptors (Lipinski definition) is 7. The zero-order chi connectivity index (χ0) is 24.5. The van der Waals surface area contributed by atoms with Gasteiger partial charge in [-0.15, -0.1) is 0 Å². The molecule has 0 aliphatic carbocycles. The molecule has 0 N–H and O–H groups in total. The van der Waals surface area contributed by atoms with Gasteiger partial charge in [-0.05, 0) is 18.2 Å². The quantitative estimate of drug-likeness (QED) is 0.488. The number of benzene rings is 2. The number of hydrogen-bond donors (Lipinski definition) is 0. The van der Waals surface area contributed by atoms with Gasteiger partial charge in [-0.2, -0.15) is 13.2 Å². The Bertz CT molecular complexity index is 1100. The first-order valence-corrected chi connectivity index (χ1v) is 9.75. The Kier molecular flexibility index (Phi) is 6.42. The number of alkyl halides is 3. The van der Waals surface area contributed by atoms with E-state index < -0.39 is 33.2 Å². The van der Waals surface area contributed by atoms with Crippen LogP contribution in [0.2, 0.25) is 0 Å². The van der Waals surface area contributed by atoms with E-state index in [0.29, 0.717) is 11.8 Å². The maximum atomic E-state index is 13.1. The minimum absolute atomic E-state index is 0.0319. The van der Waals surface area contributed by atoms with Crippen molar-refractivity contribution in [3.8, 4) is 0 Å². The number of anilines is 2. The molecule has 0 bridgehead atoms. The van der Waals surface area contributed by atoms with Crippen LogP contribution in [-0.2, 0) is 6.18 Å². The standard InChI is InChI=1S/C20H20F3N5O5/c1-24(2)16-6-4-14(27(30)31)12-15(16)19(29)26-9-7-25(8-10-26)17-5-3-13(20(21,22)23)11-18(17)28(32)33/h3-6,11-12H,7-10H2,1-2H3. The van der Waals surface area contributed by atoms with Crippen molar-refractivity contribution in [1.82, 2.24) is 4.90 Å². The molecule has 1 amide bonds. The number of non-ortho nitro benzene ring substituents is 1. The molecule has 0 saturated carbocycles. The molecule has 0 atom stereocenters. The van der Waals surface area contributed by atoms with Gasteiger partial charge in [0.1, 0.15) is 5.69 Å². The normalized spacial score (nSPS) is 14.2. The first kappa shape index (κ1) is 23.8. The summed E-state index contributed by atoms with van der Waals surface area (Å²) in [7, 11) is 3.39. The van der Waals surface area contributed by atoms with Crippen LogP contribution < -0.4 is 9.80 Å². The van der Waals surface area contributed by atoms with Gasteiger partial charge in [-0.1, -0.05) is 0 Å². The highest BCUT2D eigenvalue weighted by Gasteiger charge is 2.34. The number of amides is 1. The molecule has 3 rings (SSSR count). The molecule has 0 radical (unpaired) electrons. The Morgan fingerprint density at radius 2 is 1.61 bits per heavy atom. The number of halogens is 3. The van der Waals surface area contributed by atoms with Crippen LogP contribution in [0, 0.1) is 20.2 Å². The molecule has 0 aromatic heterocycles. The maximum Gasteiger partial charge on any atom is 0.416 e. The fourth-order valence-electron chi connectivity index (χ4n) is 3.63. The van der Waals surface area contributed by atoms with Crippen molar-refractivity contribution < 1.29 is 27.8 Å². The van der Waals surface area contributed by atoms with Gasteiger partial charge in [0, 0.05) is 64.2 Å². The van der Waals surface area contributed by atoms with E-state index in [2.05, 4.69) is 0 Å². The highest BCUT2D eigenvalue weighted by atomic mass is 19.4. The monoisotopic (exact) mass is 467 g/mol. The molecule has 1 aliphatic heterocycles. The van der Waals surface area contributed by atoms with Crippen LogP contribution in [0.3, 0.4) is 0 Å².